The van der Waals surface area contributed by atoms with Gasteiger partial charge in [-0.25, -0.2) is 4.79 Å². The lowest BCUT2D eigenvalue weighted by Gasteiger charge is -2.12. The number of ether oxygens (including phenoxy) is 3. The number of halogens is 5. The van der Waals surface area contributed by atoms with Crippen LogP contribution in [0.5, 0.6) is 11.5 Å². The standard InChI is InChI=1S/C24H16Cl2F3N3O6S/c1-2-36-23(35)20-15-11-39-21(30-18(33)10-37-17-8-3-12(25)9-16(17)26)19(15)22(34)32(31-20)13-4-6-14(7-5-13)38-24(27,28)29/h3-9,11H,2,10H2,1H3,(H,30,33). The summed E-state index contributed by atoms with van der Waals surface area (Å²) >= 11 is 12.9. The highest BCUT2D eigenvalue weighted by atomic mass is 35.5. The van der Waals surface area contributed by atoms with Crippen molar-refractivity contribution in [3.8, 4) is 17.2 Å². The summed E-state index contributed by atoms with van der Waals surface area (Å²) in [7, 11) is 0. The number of hydrogen-bond donors (Lipinski definition) is 1. The zero-order valence-corrected chi connectivity index (χ0v) is 22.0. The number of anilines is 1. The number of nitrogens with one attached hydrogen (secondary N) is 1. The topological polar surface area (TPSA) is 109 Å². The van der Waals surface area contributed by atoms with Gasteiger partial charge in [0, 0.05) is 15.8 Å². The third-order valence-electron chi connectivity index (χ3n) is 4.94. The fraction of sp³-hybridized carbons (Fsp3) is 0.167. The van der Waals surface area contributed by atoms with E-state index < -0.39 is 36.2 Å². The molecule has 4 aromatic rings. The van der Waals surface area contributed by atoms with E-state index in [0.717, 1.165) is 40.3 Å². The number of rotatable bonds is 8. The summed E-state index contributed by atoms with van der Waals surface area (Å²) in [5.74, 6) is -1.79. The fourth-order valence-electron chi connectivity index (χ4n) is 3.35. The molecule has 0 spiro atoms. The Morgan fingerprint density at radius 1 is 1.13 bits per heavy atom. The minimum atomic E-state index is -4.90. The number of hydrogen-bond acceptors (Lipinski definition) is 8. The van der Waals surface area contributed by atoms with Crippen molar-refractivity contribution in [2.24, 2.45) is 0 Å². The summed E-state index contributed by atoms with van der Waals surface area (Å²) in [5.41, 5.74) is -0.949. The molecule has 0 atom stereocenters. The van der Waals surface area contributed by atoms with Crippen LogP contribution in [0.15, 0.2) is 52.6 Å². The molecule has 1 amide bonds. The van der Waals surface area contributed by atoms with E-state index in [1.54, 1.807) is 6.92 Å². The van der Waals surface area contributed by atoms with E-state index in [0.29, 0.717) is 5.02 Å². The van der Waals surface area contributed by atoms with Gasteiger partial charge in [0.05, 0.1) is 22.7 Å². The van der Waals surface area contributed by atoms with Crippen molar-refractivity contribution in [1.82, 2.24) is 9.78 Å². The molecule has 2 aromatic heterocycles. The molecule has 0 radical (unpaired) electrons. The summed E-state index contributed by atoms with van der Waals surface area (Å²) in [6.07, 6.45) is -4.90. The van der Waals surface area contributed by atoms with Gasteiger partial charge >= 0.3 is 12.3 Å². The van der Waals surface area contributed by atoms with Crippen LogP contribution in [0.25, 0.3) is 16.5 Å². The first-order valence-electron chi connectivity index (χ1n) is 10.9. The minimum absolute atomic E-state index is 0.0168. The molecule has 15 heteroatoms. The molecule has 4 rings (SSSR count). The molecule has 0 aliphatic heterocycles. The molecular formula is C24H16Cl2F3N3O6S. The largest absolute Gasteiger partial charge is 0.573 e. The highest BCUT2D eigenvalue weighted by molar-refractivity contribution is 7.16. The monoisotopic (exact) mass is 601 g/mol. The van der Waals surface area contributed by atoms with E-state index in [9.17, 15) is 27.6 Å². The molecule has 0 saturated heterocycles. The third-order valence-corrected chi connectivity index (χ3v) is 6.37. The maximum absolute atomic E-state index is 13.4. The molecule has 0 unspecified atom stereocenters. The highest BCUT2D eigenvalue weighted by Crippen LogP contribution is 2.32. The fourth-order valence-corrected chi connectivity index (χ4v) is 4.77. The third kappa shape index (κ3) is 6.61. The van der Waals surface area contributed by atoms with Crippen molar-refractivity contribution in [2.45, 2.75) is 13.3 Å². The van der Waals surface area contributed by atoms with Gasteiger partial charge < -0.3 is 19.5 Å². The summed E-state index contributed by atoms with van der Waals surface area (Å²) in [6.45, 7) is 1.13. The predicted molar refractivity (Wildman–Crippen MR) is 138 cm³/mol. The van der Waals surface area contributed by atoms with Crippen LogP contribution in [0.1, 0.15) is 17.4 Å². The lowest BCUT2D eigenvalue weighted by Crippen LogP contribution is -2.26. The molecular weight excluding hydrogens is 586 g/mol. The zero-order valence-electron chi connectivity index (χ0n) is 19.7. The number of carbonyl (C=O) groups is 2. The van der Waals surface area contributed by atoms with E-state index in [4.69, 9.17) is 32.7 Å². The van der Waals surface area contributed by atoms with Crippen LogP contribution in [-0.2, 0) is 9.53 Å². The number of amides is 1. The second-order valence-electron chi connectivity index (χ2n) is 7.59. The highest BCUT2D eigenvalue weighted by Gasteiger charge is 2.31. The quantitative estimate of drug-likeness (QED) is 0.252. The Morgan fingerprint density at radius 2 is 1.85 bits per heavy atom. The predicted octanol–water partition coefficient (Wildman–Crippen LogP) is 5.85. The molecule has 0 aliphatic carbocycles. The van der Waals surface area contributed by atoms with Gasteiger partial charge in [0.15, 0.2) is 12.3 Å². The normalized spacial score (nSPS) is 11.3. The summed E-state index contributed by atoms with van der Waals surface area (Å²) in [6, 6.07) is 8.74. The first-order valence-corrected chi connectivity index (χ1v) is 12.6. The Morgan fingerprint density at radius 3 is 2.49 bits per heavy atom. The summed E-state index contributed by atoms with van der Waals surface area (Å²) in [5, 5.41) is 8.82. The Kier molecular flexibility index (Phi) is 8.33. The van der Waals surface area contributed by atoms with Crippen molar-refractivity contribution in [3.63, 3.8) is 0 Å². The number of esters is 1. The van der Waals surface area contributed by atoms with E-state index in [-0.39, 0.29) is 44.5 Å². The van der Waals surface area contributed by atoms with Crippen LogP contribution in [0.4, 0.5) is 18.2 Å². The molecule has 0 bridgehead atoms. The molecule has 2 heterocycles. The van der Waals surface area contributed by atoms with Crippen LogP contribution >= 0.6 is 34.5 Å². The van der Waals surface area contributed by atoms with E-state index in [1.165, 1.54) is 23.6 Å². The SMILES string of the molecule is CCOC(=O)c1nn(-c2ccc(OC(F)(F)F)cc2)c(=O)c2c(NC(=O)COc3ccc(Cl)cc3Cl)scc12. The molecule has 204 valence electrons. The van der Waals surface area contributed by atoms with Crippen molar-refractivity contribution >= 4 is 62.2 Å². The van der Waals surface area contributed by atoms with Gasteiger partial charge in [-0.15, -0.1) is 24.5 Å². The number of fused-ring (bicyclic) bond motifs is 1. The molecule has 1 N–H and O–H groups in total. The number of carbonyl (C=O) groups excluding carboxylic acids is 2. The van der Waals surface area contributed by atoms with Gasteiger partial charge in [-0.2, -0.15) is 9.78 Å². The lowest BCUT2D eigenvalue weighted by atomic mass is 10.2. The Hall–Kier alpha value is -3.81. The number of benzene rings is 2. The van der Waals surface area contributed by atoms with Crippen molar-refractivity contribution in [1.29, 1.82) is 0 Å². The lowest BCUT2D eigenvalue weighted by molar-refractivity contribution is -0.274. The molecule has 39 heavy (non-hydrogen) atoms. The van der Waals surface area contributed by atoms with Crippen LogP contribution < -0.4 is 20.3 Å². The van der Waals surface area contributed by atoms with Crippen LogP contribution in [0.2, 0.25) is 10.0 Å². The smallest absolute Gasteiger partial charge is 0.482 e. The minimum Gasteiger partial charge on any atom is -0.482 e. The Bertz CT molecular complexity index is 1610. The number of nitrogens with zero attached hydrogens (tertiary/aromatic N) is 2. The summed E-state index contributed by atoms with van der Waals surface area (Å²) in [4.78, 5) is 38.7. The van der Waals surface area contributed by atoms with Crippen molar-refractivity contribution in [2.75, 3.05) is 18.5 Å². The van der Waals surface area contributed by atoms with Gasteiger partial charge in [-0.3, -0.25) is 9.59 Å². The molecule has 9 nitrogen and oxygen atoms in total. The first-order chi connectivity index (χ1) is 18.5. The molecule has 0 saturated carbocycles. The van der Waals surface area contributed by atoms with E-state index in [1.807, 2.05) is 0 Å². The second kappa shape index (κ2) is 11.5. The number of thiophene rings is 1. The maximum Gasteiger partial charge on any atom is 0.573 e. The Labute approximate surface area is 231 Å². The first kappa shape index (κ1) is 28.2. The van der Waals surface area contributed by atoms with Gasteiger partial charge in [0.2, 0.25) is 0 Å². The second-order valence-corrected chi connectivity index (χ2v) is 9.32. The van der Waals surface area contributed by atoms with Gasteiger partial charge in [-0.05, 0) is 49.4 Å². The molecule has 0 fully saturated rings. The van der Waals surface area contributed by atoms with Crippen LogP contribution in [0, 0.1) is 0 Å². The molecule has 2 aromatic carbocycles. The zero-order chi connectivity index (χ0) is 28.3. The van der Waals surface area contributed by atoms with Crippen molar-refractivity contribution in [3.05, 3.63) is 73.9 Å². The Balaban J connectivity index is 1.69. The molecule has 0 aliphatic rings. The van der Waals surface area contributed by atoms with E-state index >= 15 is 0 Å². The van der Waals surface area contributed by atoms with Crippen LogP contribution in [-0.4, -0.2) is 41.2 Å². The average Bonchev–Trinajstić information content (AvgIpc) is 3.27. The maximum atomic E-state index is 13.4. The van der Waals surface area contributed by atoms with E-state index in [2.05, 4.69) is 15.2 Å². The summed E-state index contributed by atoms with van der Waals surface area (Å²) < 4.78 is 52.7. The van der Waals surface area contributed by atoms with Gasteiger partial charge in [0.25, 0.3) is 11.5 Å². The van der Waals surface area contributed by atoms with Gasteiger partial charge in [-0.1, -0.05) is 23.2 Å². The van der Waals surface area contributed by atoms with Gasteiger partial charge in [0.1, 0.15) is 16.5 Å². The number of aromatic nitrogens is 2. The number of alkyl halides is 3. The van der Waals surface area contributed by atoms with Crippen LogP contribution in [0.3, 0.4) is 0 Å². The average molecular weight is 602 g/mol. The van der Waals surface area contributed by atoms with Crippen molar-refractivity contribution < 1.29 is 37.0 Å².